The van der Waals surface area contributed by atoms with Crippen LogP contribution in [-0.4, -0.2) is 64.1 Å². The monoisotopic (exact) mass is 398 g/mol. The van der Waals surface area contributed by atoms with Gasteiger partial charge in [0.25, 0.3) is 0 Å². The summed E-state index contributed by atoms with van der Waals surface area (Å²) in [4.78, 5) is 11.7. The van der Waals surface area contributed by atoms with Gasteiger partial charge in [0.05, 0.1) is 13.2 Å². The Bertz CT molecular complexity index is 968. The largest absolute Gasteiger partial charge is 0.486 e. The Hall–Kier alpha value is -2.23. The standard InChI is InChI=1S/C19H22N6O2S/c1-2-16(27-14-3-6-26-7-4-14)17-22-19(24-10-12-9-13(11-24)21-12)23-25(17)15(1)18-20-5-8-28-18/h1-2,5,8,12-14,21H,3-4,6-7,9-11H2. The highest BCUT2D eigenvalue weighted by Gasteiger charge is 2.38. The molecule has 0 amide bonds. The van der Waals surface area contributed by atoms with E-state index in [0.717, 1.165) is 67.2 Å². The van der Waals surface area contributed by atoms with E-state index in [1.165, 1.54) is 6.42 Å². The first-order chi connectivity index (χ1) is 13.8. The van der Waals surface area contributed by atoms with Crippen LogP contribution in [0.25, 0.3) is 16.3 Å². The number of pyridine rings is 1. The number of aromatic nitrogens is 4. The highest BCUT2D eigenvalue weighted by molar-refractivity contribution is 7.13. The minimum absolute atomic E-state index is 0.162. The molecule has 2 unspecified atom stereocenters. The molecule has 8 nitrogen and oxygen atoms in total. The van der Waals surface area contributed by atoms with E-state index in [2.05, 4.69) is 15.2 Å². The lowest BCUT2D eigenvalue weighted by atomic mass is 9.92. The van der Waals surface area contributed by atoms with Crippen LogP contribution in [0, 0.1) is 0 Å². The summed E-state index contributed by atoms with van der Waals surface area (Å²) < 4.78 is 13.7. The molecule has 0 radical (unpaired) electrons. The van der Waals surface area contributed by atoms with Gasteiger partial charge in [0.2, 0.25) is 5.95 Å². The van der Waals surface area contributed by atoms with E-state index in [9.17, 15) is 0 Å². The van der Waals surface area contributed by atoms with Gasteiger partial charge in [0.15, 0.2) is 11.4 Å². The van der Waals surface area contributed by atoms with Gasteiger partial charge >= 0.3 is 0 Å². The molecule has 28 heavy (non-hydrogen) atoms. The Morgan fingerprint density at radius 3 is 2.75 bits per heavy atom. The van der Waals surface area contributed by atoms with E-state index in [-0.39, 0.29) is 6.10 Å². The van der Waals surface area contributed by atoms with Crippen LogP contribution in [0.1, 0.15) is 19.3 Å². The topological polar surface area (TPSA) is 76.8 Å². The summed E-state index contributed by atoms with van der Waals surface area (Å²) >= 11 is 1.60. The van der Waals surface area contributed by atoms with Crippen LogP contribution in [0.2, 0.25) is 0 Å². The van der Waals surface area contributed by atoms with E-state index in [1.54, 1.807) is 11.3 Å². The predicted octanol–water partition coefficient (Wildman–Crippen LogP) is 1.96. The summed E-state index contributed by atoms with van der Waals surface area (Å²) in [5.41, 5.74) is 1.71. The summed E-state index contributed by atoms with van der Waals surface area (Å²) in [5, 5.41) is 11.3. The molecule has 4 fully saturated rings. The van der Waals surface area contributed by atoms with Crippen LogP contribution in [-0.2, 0) is 4.74 Å². The highest BCUT2D eigenvalue weighted by atomic mass is 32.1. The van der Waals surface area contributed by atoms with E-state index < -0.39 is 0 Å². The second kappa shape index (κ2) is 6.68. The van der Waals surface area contributed by atoms with Crippen LogP contribution >= 0.6 is 11.3 Å². The maximum atomic E-state index is 6.32. The fourth-order valence-electron chi connectivity index (χ4n) is 4.32. The Morgan fingerprint density at radius 1 is 1.18 bits per heavy atom. The minimum Gasteiger partial charge on any atom is -0.486 e. The summed E-state index contributed by atoms with van der Waals surface area (Å²) in [6.07, 6.45) is 5.05. The third kappa shape index (κ3) is 2.85. The zero-order valence-corrected chi connectivity index (χ0v) is 16.3. The molecule has 2 bridgehead atoms. The highest BCUT2D eigenvalue weighted by Crippen LogP contribution is 2.32. The van der Waals surface area contributed by atoms with Gasteiger partial charge in [-0.25, -0.2) is 9.50 Å². The van der Waals surface area contributed by atoms with Crippen molar-refractivity contribution in [2.24, 2.45) is 0 Å². The Morgan fingerprint density at radius 2 is 2.00 bits per heavy atom. The SMILES string of the molecule is c1csc(-c2ccc(OC3CCOCC3)c3nc(N4CC5CC(C4)N5)nn23)n1. The molecule has 0 saturated carbocycles. The van der Waals surface area contributed by atoms with Crippen LogP contribution < -0.4 is 15.0 Å². The molecule has 3 aromatic heterocycles. The molecule has 7 heterocycles. The molecule has 2 atom stereocenters. The number of thiazole rings is 1. The lowest BCUT2D eigenvalue weighted by Gasteiger charge is -2.47. The second-order valence-corrected chi connectivity index (χ2v) is 8.59. The number of hydrogen-bond donors (Lipinski definition) is 1. The summed E-state index contributed by atoms with van der Waals surface area (Å²) in [5.74, 6) is 1.56. The third-order valence-corrected chi connectivity index (χ3v) is 6.55. The molecular weight excluding hydrogens is 376 g/mol. The van der Waals surface area contributed by atoms with Crippen molar-refractivity contribution in [3.05, 3.63) is 23.7 Å². The number of nitrogens with zero attached hydrogens (tertiary/aromatic N) is 5. The number of rotatable bonds is 4. The average Bonchev–Trinajstić information content (AvgIpc) is 3.39. The lowest BCUT2D eigenvalue weighted by molar-refractivity contribution is 0.0259. The molecule has 9 heteroatoms. The Labute approximate surface area is 166 Å². The number of piperidine rings is 1. The van der Waals surface area contributed by atoms with Gasteiger partial charge in [-0.3, -0.25) is 0 Å². The van der Waals surface area contributed by atoms with Crippen molar-refractivity contribution >= 4 is 22.9 Å². The van der Waals surface area contributed by atoms with E-state index in [0.29, 0.717) is 12.1 Å². The molecule has 0 spiro atoms. The first-order valence-corrected chi connectivity index (χ1v) is 10.8. The lowest BCUT2D eigenvalue weighted by Crippen LogP contribution is -2.67. The number of anilines is 1. The van der Waals surface area contributed by atoms with Crippen molar-refractivity contribution in [1.29, 1.82) is 0 Å². The number of nitrogens with one attached hydrogen (secondary N) is 1. The van der Waals surface area contributed by atoms with Gasteiger partial charge in [-0.15, -0.1) is 16.4 Å². The normalized spacial score (nSPS) is 25.1. The predicted molar refractivity (Wildman–Crippen MR) is 106 cm³/mol. The molecule has 0 aliphatic carbocycles. The molecule has 7 rings (SSSR count). The molecule has 4 saturated heterocycles. The van der Waals surface area contributed by atoms with Crippen LogP contribution in [0.4, 0.5) is 5.95 Å². The van der Waals surface area contributed by atoms with Crippen LogP contribution in [0.5, 0.6) is 5.75 Å². The summed E-state index contributed by atoms with van der Waals surface area (Å²) in [7, 11) is 0. The maximum absolute atomic E-state index is 6.32. The smallest absolute Gasteiger partial charge is 0.245 e. The van der Waals surface area contributed by atoms with Gasteiger partial charge in [0.1, 0.15) is 16.8 Å². The van der Waals surface area contributed by atoms with Crippen molar-refractivity contribution < 1.29 is 9.47 Å². The Balaban J connectivity index is 1.40. The molecule has 4 aliphatic rings. The zero-order chi connectivity index (χ0) is 18.5. The molecular formula is C19H22N6O2S. The van der Waals surface area contributed by atoms with Crippen LogP contribution in [0.3, 0.4) is 0 Å². The fourth-order valence-corrected chi connectivity index (χ4v) is 4.96. The first kappa shape index (κ1) is 16.7. The number of piperazine rings is 1. The molecule has 4 aliphatic heterocycles. The van der Waals surface area contributed by atoms with Crippen molar-refractivity contribution in [1.82, 2.24) is 24.9 Å². The van der Waals surface area contributed by atoms with E-state index >= 15 is 0 Å². The number of ether oxygens (including phenoxy) is 2. The fraction of sp³-hybridized carbons (Fsp3) is 0.526. The summed E-state index contributed by atoms with van der Waals surface area (Å²) in [6, 6.07) is 5.16. The average molecular weight is 398 g/mol. The third-order valence-electron chi connectivity index (χ3n) is 5.76. The van der Waals surface area contributed by atoms with Crippen molar-refractivity contribution in [3.63, 3.8) is 0 Å². The molecule has 146 valence electrons. The summed E-state index contributed by atoms with van der Waals surface area (Å²) in [6.45, 7) is 3.41. The quantitative estimate of drug-likeness (QED) is 0.720. The second-order valence-electron chi connectivity index (χ2n) is 7.70. The van der Waals surface area contributed by atoms with Gasteiger partial charge in [0, 0.05) is 49.6 Å². The van der Waals surface area contributed by atoms with Crippen molar-refractivity contribution in [2.45, 2.75) is 37.5 Å². The van der Waals surface area contributed by atoms with Crippen molar-refractivity contribution in [2.75, 3.05) is 31.2 Å². The van der Waals surface area contributed by atoms with E-state index in [1.807, 2.05) is 28.2 Å². The van der Waals surface area contributed by atoms with E-state index in [4.69, 9.17) is 19.6 Å². The maximum Gasteiger partial charge on any atom is 0.245 e. The van der Waals surface area contributed by atoms with Gasteiger partial charge < -0.3 is 19.7 Å². The van der Waals surface area contributed by atoms with Crippen molar-refractivity contribution in [3.8, 4) is 16.5 Å². The Kier molecular flexibility index (Phi) is 3.98. The van der Waals surface area contributed by atoms with Crippen LogP contribution in [0.15, 0.2) is 23.7 Å². The minimum atomic E-state index is 0.162. The number of fused-ring (bicyclic) bond motifs is 3. The molecule has 0 aromatic carbocycles. The zero-order valence-electron chi connectivity index (χ0n) is 15.5. The molecule has 1 N–H and O–H groups in total. The van der Waals surface area contributed by atoms with Gasteiger partial charge in [-0.2, -0.15) is 4.98 Å². The van der Waals surface area contributed by atoms with Gasteiger partial charge in [-0.1, -0.05) is 0 Å². The molecule has 3 aromatic rings. The first-order valence-electron chi connectivity index (χ1n) is 9.88. The number of hydrogen-bond acceptors (Lipinski definition) is 8. The van der Waals surface area contributed by atoms with Gasteiger partial charge in [-0.05, 0) is 18.6 Å².